The van der Waals surface area contributed by atoms with Gasteiger partial charge in [0, 0.05) is 15.4 Å². The van der Waals surface area contributed by atoms with E-state index in [-0.39, 0.29) is 6.61 Å². The highest BCUT2D eigenvalue weighted by molar-refractivity contribution is 9.10. The summed E-state index contributed by atoms with van der Waals surface area (Å²) in [5, 5.41) is 21.0. The molecule has 0 aliphatic rings. The molecule has 1 heterocycles. The maximum Gasteiger partial charge on any atom is 0.101 e. The fourth-order valence-electron chi connectivity index (χ4n) is 1.41. The molecule has 0 amide bonds. The van der Waals surface area contributed by atoms with E-state index >= 15 is 0 Å². The number of benzene rings is 1. The van der Waals surface area contributed by atoms with E-state index in [1.165, 1.54) is 11.3 Å². The van der Waals surface area contributed by atoms with Gasteiger partial charge in [-0.05, 0) is 17.5 Å². The number of aliphatic hydroxyl groups is 1. The molecular formula is C10H6BrNOS. The van der Waals surface area contributed by atoms with Gasteiger partial charge in [-0.15, -0.1) is 11.3 Å². The lowest BCUT2D eigenvalue weighted by molar-refractivity contribution is 0.282. The first kappa shape index (κ1) is 9.66. The van der Waals surface area contributed by atoms with Gasteiger partial charge in [0.25, 0.3) is 0 Å². The zero-order chi connectivity index (χ0) is 10.1. The third kappa shape index (κ3) is 1.34. The van der Waals surface area contributed by atoms with E-state index < -0.39 is 0 Å². The molecule has 0 aliphatic carbocycles. The lowest BCUT2D eigenvalue weighted by Crippen LogP contribution is -1.88. The molecule has 4 heteroatoms. The summed E-state index contributed by atoms with van der Waals surface area (Å²) >= 11 is 4.87. The SMILES string of the molecule is N#Cc1cc(Br)c(CO)c2ccsc12. The van der Waals surface area contributed by atoms with Crippen molar-refractivity contribution in [3.63, 3.8) is 0 Å². The Bertz CT molecular complexity index is 527. The van der Waals surface area contributed by atoms with E-state index in [4.69, 9.17) is 5.26 Å². The van der Waals surface area contributed by atoms with Crippen LogP contribution in [0.3, 0.4) is 0 Å². The highest BCUT2D eigenvalue weighted by atomic mass is 79.9. The molecule has 0 spiro atoms. The van der Waals surface area contributed by atoms with E-state index in [1.54, 1.807) is 6.07 Å². The molecule has 0 saturated carbocycles. The van der Waals surface area contributed by atoms with Gasteiger partial charge in [-0.3, -0.25) is 0 Å². The smallest absolute Gasteiger partial charge is 0.101 e. The topological polar surface area (TPSA) is 44.0 Å². The van der Waals surface area contributed by atoms with E-state index in [2.05, 4.69) is 22.0 Å². The fourth-order valence-corrected chi connectivity index (χ4v) is 2.87. The van der Waals surface area contributed by atoms with Crippen molar-refractivity contribution in [2.24, 2.45) is 0 Å². The molecule has 70 valence electrons. The molecule has 0 aliphatic heterocycles. The van der Waals surface area contributed by atoms with Crippen LogP contribution < -0.4 is 0 Å². The number of thiophene rings is 1. The summed E-state index contributed by atoms with van der Waals surface area (Å²) in [5.74, 6) is 0. The Morgan fingerprint density at radius 1 is 1.57 bits per heavy atom. The van der Waals surface area contributed by atoms with Crippen molar-refractivity contribution in [3.8, 4) is 6.07 Å². The van der Waals surface area contributed by atoms with Gasteiger partial charge in [-0.2, -0.15) is 5.26 Å². The van der Waals surface area contributed by atoms with E-state index in [0.717, 1.165) is 20.1 Å². The van der Waals surface area contributed by atoms with Gasteiger partial charge in [0.2, 0.25) is 0 Å². The van der Waals surface area contributed by atoms with Crippen LogP contribution >= 0.6 is 27.3 Å². The first-order valence-corrected chi connectivity index (χ1v) is 5.64. The minimum absolute atomic E-state index is 0.0144. The van der Waals surface area contributed by atoms with Crippen LogP contribution in [0.25, 0.3) is 10.1 Å². The average Bonchev–Trinajstić information content (AvgIpc) is 2.65. The maximum absolute atomic E-state index is 9.19. The molecule has 1 N–H and O–H groups in total. The standard InChI is InChI=1S/C10H6BrNOS/c11-9-3-6(4-12)10-7(1-2-14-10)8(9)5-13/h1-3,13H,5H2. The minimum atomic E-state index is -0.0144. The summed E-state index contributed by atoms with van der Waals surface area (Å²) in [4.78, 5) is 0. The fraction of sp³-hybridized carbons (Fsp3) is 0.100. The van der Waals surface area contributed by atoms with Crippen molar-refractivity contribution in [1.29, 1.82) is 5.26 Å². The van der Waals surface area contributed by atoms with E-state index in [1.807, 2.05) is 11.4 Å². The number of rotatable bonds is 1. The van der Waals surface area contributed by atoms with Crippen molar-refractivity contribution in [1.82, 2.24) is 0 Å². The van der Waals surface area contributed by atoms with Crippen molar-refractivity contribution >= 4 is 37.4 Å². The lowest BCUT2D eigenvalue weighted by atomic mass is 10.1. The summed E-state index contributed by atoms with van der Waals surface area (Å²) in [6.07, 6.45) is 0. The highest BCUT2D eigenvalue weighted by Crippen LogP contribution is 2.33. The van der Waals surface area contributed by atoms with Crippen LogP contribution in [0.1, 0.15) is 11.1 Å². The summed E-state index contributed by atoms with van der Waals surface area (Å²) in [7, 11) is 0. The van der Waals surface area contributed by atoms with Gasteiger partial charge < -0.3 is 5.11 Å². The van der Waals surface area contributed by atoms with Gasteiger partial charge in [-0.1, -0.05) is 15.9 Å². The molecule has 1 aromatic heterocycles. The Kier molecular flexibility index (Phi) is 2.55. The largest absolute Gasteiger partial charge is 0.392 e. The molecule has 0 fully saturated rings. The number of hydrogen-bond acceptors (Lipinski definition) is 3. The van der Waals surface area contributed by atoms with Crippen LogP contribution in [0.4, 0.5) is 0 Å². The number of fused-ring (bicyclic) bond motifs is 1. The molecule has 0 bridgehead atoms. The molecule has 2 rings (SSSR count). The van der Waals surface area contributed by atoms with Crippen LogP contribution in [0.15, 0.2) is 22.0 Å². The Hall–Kier alpha value is -0.890. The summed E-state index contributed by atoms with van der Waals surface area (Å²) in [5.41, 5.74) is 1.50. The molecule has 2 aromatic rings. The predicted octanol–water partition coefficient (Wildman–Crippen LogP) is 3.03. The number of halogens is 1. The van der Waals surface area contributed by atoms with Crippen molar-refractivity contribution < 1.29 is 5.11 Å². The Morgan fingerprint density at radius 2 is 2.36 bits per heavy atom. The maximum atomic E-state index is 9.19. The number of aliphatic hydroxyl groups excluding tert-OH is 1. The van der Waals surface area contributed by atoms with Crippen LogP contribution in [0, 0.1) is 11.3 Å². The second kappa shape index (κ2) is 3.70. The molecule has 0 saturated heterocycles. The van der Waals surface area contributed by atoms with Gasteiger partial charge in [0.1, 0.15) is 6.07 Å². The average molecular weight is 268 g/mol. The highest BCUT2D eigenvalue weighted by Gasteiger charge is 2.10. The van der Waals surface area contributed by atoms with E-state index in [9.17, 15) is 5.11 Å². The lowest BCUT2D eigenvalue weighted by Gasteiger charge is -2.03. The van der Waals surface area contributed by atoms with Crippen LogP contribution in [0.2, 0.25) is 0 Å². The minimum Gasteiger partial charge on any atom is -0.392 e. The third-order valence-electron chi connectivity index (χ3n) is 2.07. The molecular weight excluding hydrogens is 262 g/mol. The molecule has 0 atom stereocenters. The quantitative estimate of drug-likeness (QED) is 0.863. The second-order valence-electron chi connectivity index (χ2n) is 2.82. The number of nitriles is 1. The molecule has 0 radical (unpaired) electrons. The van der Waals surface area contributed by atoms with Gasteiger partial charge >= 0.3 is 0 Å². The van der Waals surface area contributed by atoms with Crippen LogP contribution in [-0.4, -0.2) is 5.11 Å². The van der Waals surface area contributed by atoms with Gasteiger partial charge in [-0.25, -0.2) is 0 Å². The van der Waals surface area contributed by atoms with Gasteiger partial charge in [0.05, 0.1) is 16.9 Å². The number of hydrogen-bond donors (Lipinski definition) is 1. The van der Waals surface area contributed by atoms with Crippen molar-refractivity contribution in [3.05, 3.63) is 33.1 Å². The van der Waals surface area contributed by atoms with Crippen LogP contribution in [0.5, 0.6) is 0 Å². The number of nitrogens with zero attached hydrogens (tertiary/aromatic N) is 1. The zero-order valence-corrected chi connectivity index (χ0v) is 9.52. The van der Waals surface area contributed by atoms with E-state index in [0.29, 0.717) is 5.56 Å². The Labute approximate surface area is 93.5 Å². The molecule has 0 unspecified atom stereocenters. The zero-order valence-electron chi connectivity index (χ0n) is 7.12. The monoisotopic (exact) mass is 267 g/mol. The Balaban J connectivity index is 2.90. The normalized spacial score (nSPS) is 10.4. The second-order valence-corrected chi connectivity index (χ2v) is 4.59. The first-order valence-electron chi connectivity index (χ1n) is 3.97. The molecule has 14 heavy (non-hydrogen) atoms. The summed E-state index contributed by atoms with van der Waals surface area (Å²) < 4.78 is 1.74. The first-order chi connectivity index (χ1) is 6.77. The third-order valence-corrected chi connectivity index (χ3v) is 3.73. The molecule has 1 aromatic carbocycles. The van der Waals surface area contributed by atoms with Gasteiger partial charge in [0.15, 0.2) is 0 Å². The van der Waals surface area contributed by atoms with Crippen molar-refractivity contribution in [2.45, 2.75) is 6.61 Å². The Morgan fingerprint density at radius 3 is 3.00 bits per heavy atom. The summed E-state index contributed by atoms with van der Waals surface area (Å²) in [6, 6.07) is 5.83. The van der Waals surface area contributed by atoms with Crippen molar-refractivity contribution in [2.75, 3.05) is 0 Å². The van der Waals surface area contributed by atoms with Crippen LogP contribution in [-0.2, 0) is 6.61 Å². The molecule has 2 nitrogen and oxygen atoms in total. The predicted molar refractivity (Wildman–Crippen MR) is 60.2 cm³/mol. The summed E-state index contributed by atoms with van der Waals surface area (Å²) in [6.45, 7) is -0.0144.